The van der Waals surface area contributed by atoms with Crippen molar-refractivity contribution < 1.29 is 1.43 Å². The van der Waals surface area contributed by atoms with Crippen molar-refractivity contribution in [3.05, 3.63) is 24.4 Å². The highest BCUT2D eigenvalue weighted by Gasteiger charge is 1.63. The Morgan fingerprint density at radius 2 is 2.50 bits per heavy atom. The van der Waals surface area contributed by atoms with E-state index in [1.807, 2.05) is 6.92 Å². The Labute approximate surface area is 39.6 Å². The molecule has 0 rings (SSSR count). The van der Waals surface area contributed by atoms with Gasteiger partial charge in [0, 0.05) is 7.12 Å². The minimum atomic E-state index is 0. The lowest BCUT2D eigenvalue weighted by Gasteiger charge is -1.78. The largest absolute Gasteiger partial charge is 0.402 e. The lowest BCUT2D eigenvalue weighted by Crippen LogP contribution is -1.87. The van der Waals surface area contributed by atoms with Crippen LogP contribution in [0.3, 0.4) is 0 Å². The molecule has 0 aromatic rings. The summed E-state index contributed by atoms with van der Waals surface area (Å²) in [6, 6.07) is 0. The van der Waals surface area contributed by atoms with Gasteiger partial charge in [0.25, 0.3) is 0 Å². The Morgan fingerprint density at radius 1 is 2.00 bits per heavy atom. The van der Waals surface area contributed by atoms with Crippen molar-refractivity contribution in [2.24, 2.45) is 5.73 Å². The first kappa shape index (κ1) is 5.28. The fraction of sp³-hybridized carbons (Fsp3) is 0.200. The fourth-order valence-corrected chi connectivity index (χ4v) is 0.186. The van der Waals surface area contributed by atoms with Crippen LogP contribution in [0.4, 0.5) is 0 Å². The Kier molecular flexibility index (Phi) is 2.21. The number of rotatable bonds is 1. The molecule has 0 bridgehead atoms. The van der Waals surface area contributed by atoms with Crippen LogP contribution < -0.4 is 5.73 Å². The molecule has 2 N–H and O–H groups in total. The molecule has 1 nitrogen and oxygen atoms in total. The molecule has 0 unspecified atom stereocenters. The van der Waals surface area contributed by atoms with E-state index >= 15 is 0 Å². The predicted molar refractivity (Wildman–Crippen MR) is 30.3 cm³/mol. The first-order valence-electron chi connectivity index (χ1n) is 1.82. The van der Waals surface area contributed by atoms with Crippen molar-refractivity contribution in [1.82, 2.24) is 0 Å². The molecule has 0 fully saturated rings. The van der Waals surface area contributed by atoms with E-state index in [9.17, 15) is 0 Å². The van der Waals surface area contributed by atoms with Crippen molar-refractivity contribution in [3.63, 3.8) is 0 Å². The zero-order chi connectivity index (χ0) is 4.99. The zero-order valence-corrected chi connectivity index (χ0v) is 3.94. The first-order valence-corrected chi connectivity index (χ1v) is 1.82. The summed E-state index contributed by atoms with van der Waals surface area (Å²) >= 11 is 0. The molecular weight excluding hydrogens is 74.1 g/mol. The Bertz CT molecular complexity index is 72.1. The molecular formula is C5H11N. The summed E-state index contributed by atoms with van der Waals surface area (Å²) in [4.78, 5) is 0. The molecule has 0 saturated carbocycles. The molecule has 0 radical (unpaired) electrons. The van der Waals surface area contributed by atoms with Crippen LogP contribution in [-0.2, 0) is 0 Å². The van der Waals surface area contributed by atoms with E-state index < -0.39 is 0 Å². The molecule has 0 saturated heterocycles. The van der Waals surface area contributed by atoms with Gasteiger partial charge in [0.2, 0.25) is 0 Å². The fourth-order valence-electron chi connectivity index (χ4n) is 0.186. The van der Waals surface area contributed by atoms with Crippen LogP contribution in [0.2, 0.25) is 0 Å². The standard InChI is InChI=1S/C5H9N.H2/c1-3-4-5(2)6;/h3-4H,1,6H2,2H3;1H/b5-4+;. The van der Waals surface area contributed by atoms with Gasteiger partial charge in [-0.05, 0) is 13.0 Å². The number of hydrogen-bond donors (Lipinski definition) is 1. The maximum atomic E-state index is 5.19. The van der Waals surface area contributed by atoms with Gasteiger partial charge in [0.1, 0.15) is 0 Å². The highest BCUT2D eigenvalue weighted by Crippen LogP contribution is 1.75. The van der Waals surface area contributed by atoms with E-state index in [2.05, 4.69) is 6.58 Å². The summed E-state index contributed by atoms with van der Waals surface area (Å²) in [5.41, 5.74) is 5.99. The quantitative estimate of drug-likeness (QED) is 0.477. The van der Waals surface area contributed by atoms with E-state index in [0.717, 1.165) is 5.70 Å². The molecule has 0 aromatic heterocycles. The summed E-state index contributed by atoms with van der Waals surface area (Å²) in [5, 5.41) is 0. The SMILES string of the molecule is C=C/C=C(\C)N.[HH]. The van der Waals surface area contributed by atoms with Crippen molar-refractivity contribution in [2.75, 3.05) is 0 Å². The molecule has 0 aliphatic rings. The van der Waals surface area contributed by atoms with Gasteiger partial charge in [0.15, 0.2) is 0 Å². The summed E-state index contributed by atoms with van der Waals surface area (Å²) < 4.78 is 0. The minimum Gasteiger partial charge on any atom is -0.402 e. The van der Waals surface area contributed by atoms with Gasteiger partial charge < -0.3 is 5.73 Å². The topological polar surface area (TPSA) is 26.0 Å². The molecule has 0 aliphatic carbocycles. The molecule has 0 aliphatic heterocycles. The summed E-state index contributed by atoms with van der Waals surface area (Å²) in [6.45, 7) is 5.27. The van der Waals surface area contributed by atoms with Crippen molar-refractivity contribution in [2.45, 2.75) is 6.92 Å². The average molecular weight is 85.1 g/mol. The van der Waals surface area contributed by atoms with Gasteiger partial charge in [-0.1, -0.05) is 12.7 Å². The second kappa shape index (κ2) is 2.51. The second-order valence-electron chi connectivity index (χ2n) is 1.15. The summed E-state index contributed by atoms with van der Waals surface area (Å²) in [7, 11) is 0. The molecule has 0 spiro atoms. The zero-order valence-electron chi connectivity index (χ0n) is 3.94. The third-order valence-electron chi connectivity index (χ3n) is 0.381. The molecule has 0 aromatic carbocycles. The van der Waals surface area contributed by atoms with Crippen LogP contribution in [0.1, 0.15) is 8.35 Å². The third kappa shape index (κ3) is 3.28. The van der Waals surface area contributed by atoms with Crippen LogP contribution in [0.25, 0.3) is 0 Å². The van der Waals surface area contributed by atoms with E-state index in [1.54, 1.807) is 12.2 Å². The van der Waals surface area contributed by atoms with Crippen LogP contribution in [-0.4, -0.2) is 0 Å². The van der Waals surface area contributed by atoms with Crippen LogP contribution in [0, 0.1) is 0 Å². The molecule has 0 atom stereocenters. The van der Waals surface area contributed by atoms with Gasteiger partial charge in [-0.25, -0.2) is 0 Å². The lowest BCUT2D eigenvalue weighted by molar-refractivity contribution is 1.32. The van der Waals surface area contributed by atoms with E-state index in [-0.39, 0.29) is 1.43 Å². The molecule has 36 valence electrons. The van der Waals surface area contributed by atoms with Crippen molar-refractivity contribution >= 4 is 0 Å². The van der Waals surface area contributed by atoms with E-state index in [4.69, 9.17) is 5.73 Å². The van der Waals surface area contributed by atoms with Gasteiger partial charge in [-0.15, -0.1) is 0 Å². The minimum absolute atomic E-state index is 0. The third-order valence-corrected chi connectivity index (χ3v) is 0.381. The Morgan fingerprint density at radius 3 is 2.50 bits per heavy atom. The van der Waals surface area contributed by atoms with Crippen LogP contribution >= 0.6 is 0 Å². The highest BCUT2D eigenvalue weighted by molar-refractivity contribution is 5.03. The monoisotopic (exact) mass is 85.1 g/mol. The van der Waals surface area contributed by atoms with Gasteiger partial charge in [-0.3, -0.25) is 0 Å². The van der Waals surface area contributed by atoms with E-state index in [1.165, 1.54) is 0 Å². The second-order valence-corrected chi connectivity index (χ2v) is 1.15. The maximum Gasteiger partial charge on any atom is 0.00486 e. The van der Waals surface area contributed by atoms with Gasteiger partial charge >= 0.3 is 0 Å². The van der Waals surface area contributed by atoms with E-state index in [0.29, 0.717) is 0 Å². The lowest BCUT2D eigenvalue weighted by atomic mass is 10.4. The average Bonchev–Trinajstić information content (AvgIpc) is 1.35. The van der Waals surface area contributed by atoms with Gasteiger partial charge in [-0.2, -0.15) is 0 Å². The first-order chi connectivity index (χ1) is 2.77. The van der Waals surface area contributed by atoms with Crippen molar-refractivity contribution in [1.29, 1.82) is 0 Å². The Balaban J connectivity index is 0. The highest BCUT2D eigenvalue weighted by atomic mass is 14.5. The van der Waals surface area contributed by atoms with Gasteiger partial charge in [0.05, 0.1) is 0 Å². The van der Waals surface area contributed by atoms with Crippen molar-refractivity contribution in [3.8, 4) is 0 Å². The summed E-state index contributed by atoms with van der Waals surface area (Å²) in [6.07, 6.45) is 3.41. The molecule has 6 heavy (non-hydrogen) atoms. The molecule has 0 amide bonds. The maximum absolute atomic E-state index is 5.19. The number of hydrogen-bond acceptors (Lipinski definition) is 1. The number of nitrogens with two attached hydrogens (primary N) is 1. The molecule has 1 heteroatoms. The Hall–Kier alpha value is -0.720. The smallest absolute Gasteiger partial charge is 0.00486 e. The predicted octanol–water partition coefficient (Wildman–Crippen LogP) is 1.28. The molecule has 0 heterocycles. The normalized spacial score (nSPS) is 11.2. The van der Waals surface area contributed by atoms with Crippen LogP contribution in [0.15, 0.2) is 24.4 Å². The number of allylic oxidation sites excluding steroid dienone is 3. The summed E-state index contributed by atoms with van der Waals surface area (Å²) in [5.74, 6) is 0. The van der Waals surface area contributed by atoms with Crippen LogP contribution in [0.5, 0.6) is 0 Å².